The van der Waals surface area contributed by atoms with Gasteiger partial charge in [0.2, 0.25) is 0 Å². The first-order valence-electron chi connectivity index (χ1n) is 2.79. The van der Waals surface area contributed by atoms with Gasteiger partial charge in [-0.1, -0.05) is 6.58 Å². The highest BCUT2D eigenvalue weighted by Crippen LogP contribution is 2.20. The lowest BCUT2D eigenvalue weighted by molar-refractivity contribution is -0.284. The molecule has 0 spiro atoms. The molecule has 0 unspecified atom stereocenters. The van der Waals surface area contributed by atoms with Gasteiger partial charge in [0, 0.05) is 7.11 Å². The van der Waals surface area contributed by atoms with E-state index >= 15 is 0 Å². The Hall–Kier alpha value is -0.380. The Morgan fingerprint density at radius 2 is 2.11 bits per heavy atom. The molecule has 0 aromatic carbocycles. The fourth-order valence-corrected chi connectivity index (χ4v) is 0.729. The molecule has 0 N–H and O–H groups in total. The Balaban J connectivity index is 2.55. The van der Waals surface area contributed by atoms with E-state index in [1.807, 2.05) is 0 Å². The van der Waals surface area contributed by atoms with Crippen LogP contribution in [-0.2, 0) is 14.2 Å². The van der Waals surface area contributed by atoms with Crippen LogP contribution in [0.3, 0.4) is 0 Å². The minimum Gasteiger partial charge on any atom is -0.327 e. The SMILES string of the molecule is C=CC1(OC)OCCO1. The monoisotopic (exact) mass is 130 g/mol. The van der Waals surface area contributed by atoms with Crippen molar-refractivity contribution < 1.29 is 14.2 Å². The van der Waals surface area contributed by atoms with Crippen molar-refractivity contribution in [1.29, 1.82) is 0 Å². The maximum atomic E-state index is 5.08. The van der Waals surface area contributed by atoms with Crippen molar-refractivity contribution in [3.8, 4) is 0 Å². The normalized spacial score (nSPS) is 24.1. The molecule has 0 aliphatic carbocycles. The van der Waals surface area contributed by atoms with Crippen molar-refractivity contribution in [2.75, 3.05) is 20.3 Å². The smallest absolute Gasteiger partial charge is 0.304 e. The van der Waals surface area contributed by atoms with Crippen LogP contribution < -0.4 is 0 Å². The van der Waals surface area contributed by atoms with E-state index in [4.69, 9.17) is 14.2 Å². The summed E-state index contributed by atoms with van der Waals surface area (Å²) in [7, 11) is 1.52. The summed E-state index contributed by atoms with van der Waals surface area (Å²) in [5.41, 5.74) is 0. The fourth-order valence-electron chi connectivity index (χ4n) is 0.729. The van der Waals surface area contributed by atoms with E-state index in [9.17, 15) is 0 Å². The van der Waals surface area contributed by atoms with Crippen molar-refractivity contribution in [3.05, 3.63) is 12.7 Å². The summed E-state index contributed by atoms with van der Waals surface area (Å²) in [5.74, 6) is -0.958. The molecule has 3 nitrogen and oxygen atoms in total. The Bertz CT molecular complexity index is 105. The first kappa shape index (κ1) is 6.74. The Kier molecular flexibility index (Phi) is 1.85. The van der Waals surface area contributed by atoms with Crippen LogP contribution >= 0.6 is 0 Å². The van der Waals surface area contributed by atoms with E-state index < -0.39 is 5.97 Å². The summed E-state index contributed by atoms with van der Waals surface area (Å²) in [6, 6.07) is 0. The quantitative estimate of drug-likeness (QED) is 0.510. The van der Waals surface area contributed by atoms with Crippen LogP contribution in [0, 0.1) is 0 Å². The zero-order valence-corrected chi connectivity index (χ0v) is 5.42. The predicted molar refractivity (Wildman–Crippen MR) is 31.8 cm³/mol. The third-order valence-electron chi connectivity index (χ3n) is 1.22. The molecule has 0 atom stereocenters. The van der Waals surface area contributed by atoms with Crippen LogP contribution in [-0.4, -0.2) is 26.3 Å². The van der Waals surface area contributed by atoms with Gasteiger partial charge in [-0.05, 0) is 6.08 Å². The number of hydrogen-bond acceptors (Lipinski definition) is 3. The average Bonchev–Trinajstić information content (AvgIpc) is 2.36. The highest BCUT2D eigenvalue weighted by molar-refractivity contribution is 4.83. The van der Waals surface area contributed by atoms with Crippen molar-refractivity contribution in [3.63, 3.8) is 0 Å². The lowest BCUT2D eigenvalue weighted by Crippen LogP contribution is -2.28. The highest BCUT2D eigenvalue weighted by Gasteiger charge is 2.32. The molecular formula is C6H10O3. The van der Waals surface area contributed by atoms with Crippen LogP contribution in [0.5, 0.6) is 0 Å². The summed E-state index contributed by atoms with van der Waals surface area (Å²) in [4.78, 5) is 0. The van der Waals surface area contributed by atoms with Gasteiger partial charge < -0.3 is 14.2 Å². The summed E-state index contributed by atoms with van der Waals surface area (Å²) in [6.07, 6.45) is 1.50. The standard InChI is InChI=1S/C6H10O3/c1-3-6(7-2)8-4-5-9-6/h3H,1,4-5H2,2H3. The summed E-state index contributed by atoms with van der Waals surface area (Å²) >= 11 is 0. The molecule has 1 rings (SSSR count). The first-order chi connectivity index (χ1) is 4.33. The molecule has 9 heavy (non-hydrogen) atoms. The zero-order valence-electron chi connectivity index (χ0n) is 5.42. The summed E-state index contributed by atoms with van der Waals surface area (Å²) in [6.45, 7) is 4.65. The van der Waals surface area contributed by atoms with Crippen LogP contribution in [0.4, 0.5) is 0 Å². The van der Waals surface area contributed by atoms with Crippen molar-refractivity contribution in [2.45, 2.75) is 5.97 Å². The molecule has 1 aliphatic rings. The van der Waals surface area contributed by atoms with E-state index in [0.717, 1.165) is 0 Å². The Morgan fingerprint density at radius 3 is 2.33 bits per heavy atom. The van der Waals surface area contributed by atoms with Gasteiger partial charge in [-0.3, -0.25) is 0 Å². The van der Waals surface area contributed by atoms with Gasteiger partial charge in [0.15, 0.2) is 0 Å². The second kappa shape index (κ2) is 2.47. The van der Waals surface area contributed by atoms with E-state index in [0.29, 0.717) is 13.2 Å². The van der Waals surface area contributed by atoms with Crippen LogP contribution in [0.15, 0.2) is 12.7 Å². The maximum Gasteiger partial charge on any atom is 0.304 e. The number of hydrogen-bond donors (Lipinski definition) is 0. The molecule has 0 radical (unpaired) electrons. The van der Waals surface area contributed by atoms with Crippen molar-refractivity contribution in [1.82, 2.24) is 0 Å². The maximum absolute atomic E-state index is 5.08. The molecule has 3 heteroatoms. The largest absolute Gasteiger partial charge is 0.327 e. The molecule has 1 aliphatic heterocycles. The van der Waals surface area contributed by atoms with Crippen molar-refractivity contribution in [2.24, 2.45) is 0 Å². The molecular weight excluding hydrogens is 120 g/mol. The lowest BCUT2D eigenvalue weighted by atomic mass is 10.5. The van der Waals surface area contributed by atoms with Gasteiger partial charge in [0.05, 0.1) is 13.2 Å². The number of methoxy groups -OCH3 is 1. The Morgan fingerprint density at radius 1 is 1.56 bits per heavy atom. The zero-order chi connectivity index (χ0) is 6.74. The second-order valence-electron chi connectivity index (χ2n) is 1.71. The first-order valence-corrected chi connectivity index (χ1v) is 2.79. The van der Waals surface area contributed by atoms with Gasteiger partial charge >= 0.3 is 5.97 Å². The molecule has 1 fully saturated rings. The van der Waals surface area contributed by atoms with E-state index in [-0.39, 0.29) is 0 Å². The van der Waals surface area contributed by atoms with Gasteiger partial charge in [-0.15, -0.1) is 0 Å². The molecule has 1 saturated heterocycles. The van der Waals surface area contributed by atoms with Crippen LogP contribution in [0.2, 0.25) is 0 Å². The van der Waals surface area contributed by atoms with Gasteiger partial charge in [-0.25, -0.2) is 0 Å². The van der Waals surface area contributed by atoms with Gasteiger partial charge in [0.25, 0.3) is 0 Å². The lowest BCUT2D eigenvalue weighted by Gasteiger charge is -2.19. The van der Waals surface area contributed by atoms with Crippen LogP contribution in [0.1, 0.15) is 0 Å². The molecule has 52 valence electrons. The molecule has 0 aromatic rings. The van der Waals surface area contributed by atoms with E-state index in [2.05, 4.69) is 6.58 Å². The minimum atomic E-state index is -0.958. The topological polar surface area (TPSA) is 27.7 Å². The summed E-state index contributed by atoms with van der Waals surface area (Å²) in [5, 5.41) is 0. The number of rotatable bonds is 2. The molecule has 0 saturated carbocycles. The highest BCUT2D eigenvalue weighted by atomic mass is 16.9. The van der Waals surface area contributed by atoms with Crippen LogP contribution in [0.25, 0.3) is 0 Å². The van der Waals surface area contributed by atoms with E-state index in [1.165, 1.54) is 13.2 Å². The van der Waals surface area contributed by atoms with Gasteiger partial charge in [0.1, 0.15) is 0 Å². The average molecular weight is 130 g/mol. The molecule has 0 bridgehead atoms. The Labute approximate surface area is 54.2 Å². The van der Waals surface area contributed by atoms with E-state index in [1.54, 1.807) is 0 Å². The molecule has 0 amide bonds. The van der Waals surface area contributed by atoms with Crippen molar-refractivity contribution >= 4 is 0 Å². The third kappa shape index (κ3) is 1.13. The molecule has 1 heterocycles. The van der Waals surface area contributed by atoms with Gasteiger partial charge in [-0.2, -0.15) is 0 Å². The predicted octanol–water partition coefficient (Wildman–Crippen LogP) is 0.519. The number of ether oxygens (including phenoxy) is 3. The minimum absolute atomic E-state index is 0.569. The second-order valence-corrected chi connectivity index (χ2v) is 1.71. The summed E-state index contributed by atoms with van der Waals surface area (Å²) < 4.78 is 15.0. The third-order valence-corrected chi connectivity index (χ3v) is 1.22. The molecule has 0 aromatic heterocycles. The fraction of sp³-hybridized carbons (Fsp3) is 0.667.